The van der Waals surface area contributed by atoms with E-state index >= 15 is 0 Å². The van der Waals surface area contributed by atoms with Gasteiger partial charge in [-0.2, -0.15) is 0 Å². The zero-order valence-electron chi connectivity index (χ0n) is 15.3. The Morgan fingerprint density at radius 3 is 2.17 bits per heavy atom. The SMILES string of the molecule is CS(=O)(=O)c1ccccc1-c1sc(-c2ccccc2Cl)nc1-c1ccc(F)cc1. The van der Waals surface area contributed by atoms with E-state index in [9.17, 15) is 12.8 Å². The van der Waals surface area contributed by atoms with Gasteiger partial charge in [-0.25, -0.2) is 17.8 Å². The molecule has 0 saturated carbocycles. The lowest BCUT2D eigenvalue weighted by molar-refractivity contribution is 0.602. The molecule has 29 heavy (non-hydrogen) atoms. The number of aromatic nitrogens is 1. The fraction of sp³-hybridized carbons (Fsp3) is 0.0455. The fourth-order valence-corrected chi connectivity index (χ4v) is 5.44. The average molecular weight is 444 g/mol. The molecule has 0 N–H and O–H groups in total. The van der Waals surface area contributed by atoms with Crippen LogP contribution in [0.5, 0.6) is 0 Å². The van der Waals surface area contributed by atoms with Gasteiger partial charge in [0.1, 0.15) is 10.8 Å². The summed E-state index contributed by atoms with van der Waals surface area (Å²) in [6.45, 7) is 0. The van der Waals surface area contributed by atoms with Crippen molar-refractivity contribution >= 4 is 32.8 Å². The van der Waals surface area contributed by atoms with E-state index in [0.717, 1.165) is 5.56 Å². The summed E-state index contributed by atoms with van der Waals surface area (Å²) in [6, 6.07) is 20.1. The summed E-state index contributed by atoms with van der Waals surface area (Å²) in [5.41, 5.74) is 2.59. The van der Waals surface area contributed by atoms with Crippen LogP contribution in [0.2, 0.25) is 5.02 Å². The molecule has 0 aliphatic heterocycles. The number of rotatable bonds is 4. The molecule has 0 atom stereocenters. The molecule has 0 aliphatic rings. The Labute approximate surface area is 177 Å². The monoisotopic (exact) mass is 443 g/mol. The third kappa shape index (κ3) is 3.96. The summed E-state index contributed by atoms with van der Waals surface area (Å²) >= 11 is 7.71. The zero-order valence-corrected chi connectivity index (χ0v) is 17.7. The lowest BCUT2D eigenvalue weighted by Gasteiger charge is -2.08. The van der Waals surface area contributed by atoms with E-state index in [0.29, 0.717) is 31.7 Å². The molecule has 0 radical (unpaired) electrons. The molecule has 0 amide bonds. The van der Waals surface area contributed by atoms with E-state index in [-0.39, 0.29) is 10.7 Å². The number of thiazole rings is 1. The average Bonchev–Trinajstić information content (AvgIpc) is 3.13. The molecule has 1 heterocycles. The first-order valence-electron chi connectivity index (χ1n) is 8.66. The minimum Gasteiger partial charge on any atom is -0.235 e. The topological polar surface area (TPSA) is 47.0 Å². The van der Waals surface area contributed by atoms with Crippen molar-refractivity contribution in [2.75, 3.05) is 6.26 Å². The van der Waals surface area contributed by atoms with Gasteiger partial charge in [0.05, 0.1) is 20.5 Å². The highest BCUT2D eigenvalue weighted by Crippen LogP contribution is 2.43. The van der Waals surface area contributed by atoms with Gasteiger partial charge in [-0.1, -0.05) is 48.0 Å². The van der Waals surface area contributed by atoms with E-state index in [1.807, 2.05) is 18.2 Å². The maximum Gasteiger partial charge on any atom is 0.176 e. The van der Waals surface area contributed by atoms with E-state index in [4.69, 9.17) is 16.6 Å². The van der Waals surface area contributed by atoms with Crippen LogP contribution in [-0.2, 0) is 9.84 Å². The maximum absolute atomic E-state index is 13.5. The van der Waals surface area contributed by atoms with Crippen molar-refractivity contribution in [1.82, 2.24) is 4.98 Å². The van der Waals surface area contributed by atoms with Gasteiger partial charge in [0.2, 0.25) is 0 Å². The number of benzene rings is 3. The van der Waals surface area contributed by atoms with Crippen molar-refractivity contribution in [3.8, 4) is 32.3 Å². The molecular weight excluding hydrogens is 429 g/mol. The van der Waals surface area contributed by atoms with Gasteiger partial charge < -0.3 is 0 Å². The first-order valence-corrected chi connectivity index (χ1v) is 11.7. The standard InChI is InChI=1S/C22H15ClFNO2S2/c1-29(26,27)19-9-5-3-7-17(19)21-20(14-10-12-15(24)13-11-14)25-22(28-21)16-6-2-4-8-18(16)23/h2-13H,1H3. The van der Waals surface area contributed by atoms with Crippen molar-refractivity contribution in [3.63, 3.8) is 0 Å². The predicted molar refractivity (Wildman–Crippen MR) is 116 cm³/mol. The highest BCUT2D eigenvalue weighted by molar-refractivity contribution is 7.90. The molecule has 4 aromatic rings. The minimum atomic E-state index is -3.46. The smallest absolute Gasteiger partial charge is 0.176 e. The number of nitrogens with zero attached hydrogens (tertiary/aromatic N) is 1. The van der Waals surface area contributed by atoms with E-state index in [1.54, 1.807) is 42.5 Å². The van der Waals surface area contributed by atoms with Crippen LogP contribution in [-0.4, -0.2) is 19.7 Å². The van der Waals surface area contributed by atoms with Crippen LogP contribution in [0, 0.1) is 5.82 Å². The normalized spacial score (nSPS) is 11.6. The van der Waals surface area contributed by atoms with Crippen molar-refractivity contribution in [1.29, 1.82) is 0 Å². The number of halogens is 2. The molecule has 0 fully saturated rings. The quantitative estimate of drug-likeness (QED) is 0.369. The Morgan fingerprint density at radius 2 is 1.52 bits per heavy atom. The van der Waals surface area contributed by atoms with Crippen LogP contribution < -0.4 is 0 Å². The molecule has 7 heteroatoms. The summed E-state index contributed by atoms with van der Waals surface area (Å²) in [5, 5.41) is 1.21. The Kier molecular flexibility index (Phi) is 5.25. The van der Waals surface area contributed by atoms with Crippen LogP contribution in [0.1, 0.15) is 0 Å². The first-order chi connectivity index (χ1) is 13.8. The summed E-state index contributed by atoms with van der Waals surface area (Å²) in [5.74, 6) is -0.353. The van der Waals surface area contributed by atoms with Gasteiger partial charge in [-0.3, -0.25) is 0 Å². The van der Waals surface area contributed by atoms with Crippen molar-refractivity contribution in [2.45, 2.75) is 4.90 Å². The molecule has 0 aliphatic carbocycles. The molecule has 0 spiro atoms. The van der Waals surface area contributed by atoms with E-state index < -0.39 is 9.84 Å². The molecule has 3 aromatic carbocycles. The highest BCUT2D eigenvalue weighted by Gasteiger charge is 2.22. The second-order valence-electron chi connectivity index (χ2n) is 6.45. The first kappa shape index (κ1) is 19.8. The highest BCUT2D eigenvalue weighted by atomic mass is 35.5. The van der Waals surface area contributed by atoms with Gasteiger partial charge in [-0.05, 0) is 36.4 Å². The molecule has 0 saturated heterocycles. The Balaban J connectivity index is 2.01. The summed E-state index contributed by atoms with van der Waals surface area (Å²) in [7, 11) is -3.46. The van der Waals surface area contributed by atoms with Crippen LogP contribution in [0.25, 0.3) is 32.3 Å². The van der Waals surface area contributed by atoms with Crippen molar-refractivity contribution in [2.24, 2.45) is 0 Å². The van der Waals surface area contributed by atoms with Gasteiger partial charge in [0, 0.05) is 22.9 Å². The van der Waals surface area contributed by atoms with Crippen LogP contribution >= 0.6 is 22.9 Å². The molecular formula is C22H15ClFNO2S2. The molecule has 0 unspecified atom stereocenters. The summed E-state index contributed by atoms with van der Waals surface area (Å²) < 4.78 is 38.2. The van der Waals surface area contributed by atoms with Crippen LogP contribution in [0.4, 0.5) is 4.39 Å². The predicted octanol–water partition coefficient (Wildman–Crippen LogP) is 6.34. The summed E-state index contributed by atoms with van der Waals surface area (Å²) in [6.07, 6.45) is 1.18. The Hall–Kier alpha value is -2.54. The lowest BCUT2D eigenvalue weighted by Crippen LogP contribution is -1.99. The Bertz CT molecular complexity index is 1300. The number of hydrogen-bond acceptors (Lipinski definition) is 4. The third-order valence-corrected chi connectivity index (χ3v) is 6.99. The second-order valence-corrected chi connectivity index (χ2v) is 9.84. The van der Waals surface area contributed by atoms with Gasteiger partial charge in [-0.15, -0.1) is 11.3 Å². The molecule has 0 bridgehead atoms. The molecule has 4 rings (SSSR count). The minimum absolute atomic E-state index is 0.220. The van der Waals surface area contributed by atoms with Crippen LogP contribution in [0.15, 0.2) is 77.7 Å². The van der Waals surface area contributed by atoms with Crippen LogP contribution in [0.3, 0.4) is 0 Å². The fourth-order valence-electron chi connectivity index (χ4n) is 3.03. The zero-order chi connectivity index (χ0) is 20.6. The van der Waals surface area contributed by atoms with Gasteiger partial charge in [0.25, 0.3) is 0 Å². The third-order valence-electron chi connectivity index (χ3n) is 4.38. The maximum atomic E-state index is 13.5. The molecule has 3 nitrogen and oxygen atoms in total. The number of sulfone groups is 1. The van der Waals surface area contributed by atoms with E-state index in [1.165, 1.54) is 29.7 Å². The van der Waals surface area contributed by atoms with E-state index in [2.05, 4.69) is 0 Å². The number of hydrogen-bond donors (Lipinski definition) is 0. The van der Waals surface area contributed by atoms with Crippen molar-refractivity contribution in [3.05, 3.63) is 83.6 Å². The van der Waals surface area contributed by atoms with Gasteiger partial charge in [0.15, 0.2) is 9.84 Å². The lowest BCUT2D eigenvalue weighted by atomic mass is 10.1. The molecule has 1 aromatic heterocycles. The summed E-state index contributed by atoms with van der Waals surface area (Å²) in [4.78, 5) is 5.67. The second kappa shape index (κ2) is 7.71. The largest absolute Gasteiger partial charge is 0.235 e. The molecule has 146 valence electrons. The Morgan fingerprint density at radius 1 is 0.897 bits per heavy atom. The van der Waals surface area contributed by atoms with Crippen molar-refractivity contribution < 1.29 is 12.8 Å². The van der Waals surface area contributed by atoms with Gasteiger partial charge >= 0.3 is 0 Å².